The van der Waals surface area contributed by atoms with E-state index >= 15 is 0 Å². The number of rotatable bonds is 4. The summed E-state index contributed by atoms with van der Waals surface area (Å²) in [5.41, 5.74) is 2.10. The summed E-state index contributed by atoms with van der Waals surface area (Å²) in [6.45, 7) is 1.77. The summed E-state index contributed by atoms with van der Waals surface area (Å²) >= 11 is 0. The van der Waals surface area contributed by atoms with E-state index in [9.17, 15) is 14.9 Å². The number of anilines is 2. The van der Waals surface area contributed by atoms with E-state index in [1.807, 2.05) is 6.07 Å². The van der Waals surface area contributed by atoms with Crippen molar-refractivity contribution in [1.82, 2.24) is 0 Å². The average Bonchev–Trinajstić information content (AvgIpc) is 3.01. The van der Waals surface area contributed by atoms with Crippen molar-refractivity contribution in [2.45, 2.75) is 19.3 Å². The maximum Gasteiger partial charge on any atom is 0.355 e. The first-order valence-electron chi connectivity index (χ1n) is 9.44. The molecule has 0 amide bonds. The minimum absolute atomic E-state index is 0.0395. The number of allylic oxidation sites excluding steroid dienone is 2. The molecule has 0 aromatic heterocycles. The van der Waals surface area contributed by atoms with Gasteiger partial charge in [-0.2, -0.15) is 5.26 Å². The largest absolute Gasteiger partial charge is 0.465 e. The van der Waals surface area contributed by atoms with Gasteiger partial charge >= 0.3 is 11.9 Å². The number of ether oxygens (including phenoxy) is 2. The van der Waals surface area contributed by atoms with Gasteiger partial charge < -0.3 is 19.3 Å². The first-order chi connectivity index (χ1) is 14.1. The second-order valence-electron chi connectivity index (χ2n) is 6.68. The number of nitriles is 1. The first kappa shape index (κ1) is 20.2. The predicted molar refractivity (Wildman–Crippen MR) is 109 cm³/mol. The second kappa shape index (κ2) is 9.11. The van der Waals surface area contributed by atoms with Crippen LogP contribution in [-0.4, -0.2) is 39.2 Å². The Hall–Kier alpha value is -3.53. The first-order valence-corrected chi connectivity index (χ1v) is 9.44. The molecule has 0 aliphatic carbocycles. The maximum absolute atomic E-state index is 12.7. The molecule has 1 aromatic rings. The molecule has 0 atom stereocenters. The summed E-state index contributed by atoms with van der Waals surface area (Å²) in [7, 11) is 2.52. The van der Waals surface area contributed by atoms with Gasteiger partial charge in [-0.15, -0.1) is 0 Å². The molecule has 1 aromatic carbocycles. The molecule has 29 heavy (non-hydrogen) atoms. The number of carbonyl (C=O) groups is 2. The van der Waals surface area contributed by atoms with Gasteiger partial charge in [0.15, 0.2) is 0 Å². The van der Waals surface area contributed by atoms with Crippen molar-refractivity contribution in [1.29, 1.82) is 5.26 Å². The molecule has 2 aliphatic rings. The van der Waals surface area contributed by atoms with Gasteiger partial charge in [0.1, 0.15) is 5.70 Å². The number of hydrogen-bond donors (Lipinski definition) is 0. The highest BCUT2D eigenvalue weighted by Crippen LogP contribution is 2.36. The van der Waals surface area contributed by atoms with Crippen molar-refractivity contribution < 1.29 is 19.1 Å². The molecule has 0 unspecified atom stereocenters. The van der Waals surface area contributed by atoms with Crippen LogP contribution in [0.5, 0.6) is 0 Å². The molecule has 2 heterocycles. The second-order valence-corrected chi connectivity index (χ2v) is 6.68. The fraction of sp³-hybridized carbons (Fsp3) is 0.318. The van der Waals surface area contributed by atoms with Crippen LogP contribution >= 0.6 is 0 Å². The number of nitrogens with zero attached hydrogens (tertiary/aromatic N) is 3. The Morgan fingerprint density at radius 3 is 2.38 bits per heavy atom. The smallest absolute Gasteiger partial charge is 0.355 e. The van der Waals surface area contributed by atoms with Crippen LogP contribution in [-0.2, 0) is 19.1 Å². The van der Waals surface area contributed by atoms with Crippen LogP contribution in [0.1, 0.15) is 24.8 Å². The number of esters is 2. The zero-order chi connectivity index (χ0) is 20.8. The molecule has 0 saturated carbocycles. The Morgan fingerprint density at radius 1 is 1.00 bits per heavy atom. The van der Waals surface area contributed by atoms with Crippen molar-refractivity contribution in [2.24, 2.45) is 0 Å². The predicted octanol–water partition coefficient (Wildman–Crippen LogP) is 3.04. The van der Waals surface area contributed by atoms with E-state index in [4.69, 9.17) is 9.47 Å². The third kappa shape index (κ3) is 4.16. The van der Waals surface area contributed by atoms with E-state index in [1.54, 1.807) is 35.4 Å². The highest BCUT2D eigenvalue weighted by Gasteiger charge is 2.30. The average molecular weight is 393 g/mol. The van der Waals surface area contributed by atoms with E-state index in [-0.39, 0.29) is 11.3 Å². The standard InChI is InChI=1S/C22H23N3O4/c1-28-21(26)17-8-4-7-13-25(20(17)22(27)29-2)19-14-16(15-23)9-10-18(19)24-11-5-3-6-12-24/h4,7-10,13-14H,3,5-6,11-12H2,1-2H3. The van der Waals surface area contributed by atoms with Crippen molar-refractivity contribution in [3.63, 3.8) is 0 Å². The maximum atomic E-state index is 12.7. The van der Waals surface area contributed by atoms with Crippen molar-refractivity contribution in [3.05, 3.63) is 59.5 Å². The molecule has 2 aliphatic heterocycles. The molecule has 7 nitrogen and oxygen atoms in total. The molecule has 150 valence electrons. The summed E-state index contributed by atoms with van der Waals surface area (Å²) in [6, 6.07) is 7.51. The lowest BCUT2D eigenvalue weighted by molar-refractivity contribution is -0.139. The third-order valence-electron chi connectivity index (χ3n) is 4.95. The van der Waals surface area contributed by atoms with Gasteiger partial charge in [-0.1, -0.05) is 6.08 Å². The Kier molecular flexibility index (Phi) is 6.35. The summed E-state index contributed by atoms with van der Waals surface area (Å²) in [6.07, 6.45) is 9.90. The third-order valence-corrected chi connectivity index (χ3v) is 4.95. The van der Waals surface area contributed by atoms with Gasteiger partial charge in [-0.25, -0.2) is 9.59 Å². The van der Waals surface area contributed by atoms with E-state index in [0.29, 0.717) is 11.3 Å². The van der Waals surface area contributed by atoms with Crippen LogP contribution < -0.4 is 9.80 Å². The molecule has 0 N–H and O–H groups in total. The number of benzene rings is 1. The lowest BCUT2D eigenvalue weighted by Gasteiger charge is -2.33. The highest BCUT2D eigenvalue weighted by molar-refractivity contribution is 6.06. The minimum atomic E-state index is -0.673. The molecular weight excluding hydrogens is 370 g/mol. The molecule has 0 radical (unpaired) electrons. The Labute approximate surface area is 170 Å². The van der Waals surface area contributed by atoms with Crippen molar-refractivity contribution >= 4 is 23.3 Å². The molecule has 3 rings (SSSR count). The van der Waals surface area contributed by atoms with Crippen LogP contribution in [0.15, 0.2) is 53.9 Å². The lowest BCUT2D eigenvalue weighted by atomic mass is 10.1. The summed E-state index contributed by atoms with van der Waals surface area (Å²) in [5.74, 6) is -1.32. The van der Waals surface area contributed by atoms with Gasteiger partial charge in [0.05, 0.1) is 42.8 Å². The quantitative estimate of drug-likeness (QED) is 0.727. The number of hydrogen-bond acceptors (Lipinski definition) is 7. The van der Waals surface area contributed by atoms with Crippen molar-refractivity contribution in [3.8, 4) is 6.07 Å². The zero-order valence-electron chi connectivity index (χ0n) is 16.6. The van der Waals surface area contributed by atoms with Gasteiger partial charge in [0.25, 0.3) is 0 Å². The van der Waals surface area contributed by atoms with E-state index in [0.717, 1.165) is 31.6 Å². The zero-order valence-corrected chi connectivity index (χ0v) is 16.6. The summed E-state index contributed by atoms with van der Waals surface area (Å²) in [4.78, 5) is 28.9. The molecule has 0 spiro atoms. The Balaban J connectivity index is 2.22. The van der Waals surface area contributed by atoms with Crippen LogP contribution in [0, 0.1) is 11.3 Å². The van der Waals surface area contributed by atoms with Gasteiger partial charge in [-0.05, 0) is 49.6 Å². The summed E-state index contributed by atoms with van der Waals surface area (Å²) in [5, 5.41) is 9.43. The molecule has 1 fully saturated rings. The normalized spacial score (nSPS) is 16.3. The topological polar surface area (TPSA) is 82.9 Å². The minimum Gasteiger partial charge on any atom is -0.465 e. The number of piperidine rings is 1. The van der Waals surface area contributed by atoms with Crippen molar-refractivity contribution in [2.75, 3.05) is 37.1 Å². The fourth-order valence-electron chi connectivity index (χ4n) is 3.54. The number of carbonyl (C=O) groups excluding carboxylic acids is 2. The Morgan fingerprint density at radius 2 is 1.72 bits per heavy atom. The fourth-order valence-corrected chi connectivity index (χ4v) is 3.54. The van der Waals surface area contributed by atoms with Gasteiger partial charge in [0.2, 0.25) is 0 Å². The highest BCUT2D eigenvalue weighted by atomic mass is 16.5. The molecular formula is C22H23N3O4. The SMILES string of the molecule is COC(=O)C1=C(C(=O)OC)N(c2cc(C#N)ccc2N2CCCCC2)C=CC=C1. The lowest BCUT2D eigenvalue weighted by Crippen LogP contribution is -2.33. The molecule has 1 saturated heterocycles. The monoisotopic (exact) mass is 393 g/mol. The van der Waals surface area contributed by atoms with Crippen LogP contribution in [0.3, 0.4) is 0 Å². The van der Waals surface area contributed by atoms with E-state index < -0.39 is 11.9 Å². The van der Waals surface area contributed by atoms with Crippen LogP contribution in [0.4, 0.5) is 11.4 Å². The van der Waals surface area contributed by atoms with Gasteiger partial charge in [0, 0.05) is 19.3 Å². The molecule has 7 heteroatoms. The summed E-state index contributed by atoms with van der Waals surface area (Å²) < 4.78 is 9.84. The van der Waals surface area contributed by atoms with Crippen LogP contribution in [0.2, 0.25) is 0 Å². The van der Waals surface area contributed by atoms with E-state index in [1.165, 1.54) is 26.7 Å². The Bertz CT molecular complexity index is 934. The van der Waals surface area contributed by atoms with Crippen LogP contribution in [0.25, 0.3) is 0 Å². The molecule has 0 bridgehead atoms. The number of methoxy groups -OCH3 is 2. The van der Waals surface area contributed by atoms with E-state index in [2.05, 4.69) is 11.0 Å². The van der Waals surface area contributed by atoms with Gasteiger partial charge in [-0.3, -0.25) is 0 Å².